The van der Waals surface area contributed by atoms with Gasteiger partial charge in [-0.1, -0.05) is 27.2 Å². The molecule has 0 spiro atoms. The van der Waals surface area contributed by atoms with Crippen molar-refractivity contribution in [2.24, 2.45) is 0 Å². The third kappa shape index (κ3) is 2.08. The maximum Gasteiger partial charge on any atom is 0.356 e. The fourth-order valence-corrected chi connectivity index (χ4v) is 1.95. The number of nitrogens with zero attached hydrogens (tertiary/aromatic N) is 3. The van der Waals surface area contributed by atoms with Gasteiger partial charge in [0.25, 0.3) is 0 Å². The van der Waals surface area contributed by atoms with E-state index in [0.29, 0.717) is 11.3 Å². The van der Waals surface area contributed by atoms with Crippen LogP contribution in [0.25, 0.3) is 5.52 Å². The third-order valence-electron chi connectivity index (χ3n) is 2.80. The number of fused-ring (bicyclic) bond motifs is 1. The molecule has 18 heavy (non-hydrogen) atoms. The van der Waals surface area contributed by atoms with Crippen LogP contribution in [0, 0.1) is 0 Å². The first-order valence-electron chi connectivity index (χ1n) is 6.16. The van der Waals surface area contributed by atoms with Crippen LogP contribution in [0.3, 0.4) is 0 Å². The van der Waals surface area contributed by atoms with E-state index >= 15 is 0 Å². The molecule has 0 unspecified atom stereocenters. The molecule has 0 bridgehead atoms. The van der Waals surface area contributed by atoms with Gasteiger partial charge in [0.1, 0.15) is 5.82 Å². The summed E-state index contributed by atoms with van der Waals surface area (Å²) in [5.41, 5.74) is 1.60. The summed E-state index contributed by atoms with van der Waals surface area (Å²) in [6, 6.07) is 3.66. The molecule has 2 aromatic rings. The zero-order valence-corrected chi connectivity index (χ0v) is 10.8. The molecule has 0 atom stereocenters. The first kappa shape index (κ1) is 12.5. The number of carboxylic acids is 1. The molecule has 2 heterocycles. The number of aromatic carboxylic acids is 1. The Labute approximate surface area is 105 Å². The van der Waals surface area contributed by atoms with Gasteiger partial charge < -0.3 is 5.11 Å². The first-order valence-corrected chi connectivity index (χ1v) is 6.16. The molecule has 0 fully saturated rings. The number of hydrogen-bond acceptors (Lipinski definition) is 3. The zero-order chi connectivity index (χ0) is 13.3. The first-order chi connectivity index (χ1) is 8.54. The van der Waals surface area contributed by atoms with Crippen LogP contribution in [0.1, 0.15) is 55.1 Å². The largest absolute Gasteiger partial charge is 0.476 e. The highest BCUT2D eigenvalue weighted by Crippen LogP contribution is 2.19. The van der Waals surface area contributed by atoms with Gasteiger partial charge >= 0.3 is 5.97 Å². The standard InChI is InChI=1S/C13H17N3O2/c1-4-5-9-6-7-10-11(13(17)18)14-12(8(2)3)16(10)15-9/h6-8H,4-5H2,1-3H3,(H,17,18). The van der Waals surface area contributed by atoms with E-state index in [9.17, 15) is 4.79 Å². The summed E-state index contributed by atoms with van der Waals surface area (Å²) in [6.07, 6.45) is 1.89. The van der Waals surface area contributed by atoms with Gasteiger partial charge in [-0.2, -0.15) is 5.10 Å². The molecule has 5 nitrogen and oxygen atoms in total. The van der Waals surface area contributed by atoms with Crippen LogP contribution >= 0.6 is 0 Å². The summed E-state index contributed by atoms with van der Waals surface area (Å²) in [7, 11) is 0. The summed E-state index contributed by atoms with van der Waals surface area (Å²) < 4.78 is 1.67. The Kier molecular flexibility index (Phi) is 3.32. The number of rotatable bonds is 4. The Bertz CT molecular complexity index is 587. The summed E-state index contributed by atoms with van der Waals surface area (Å²) in [4.78, 5) is 15.3. The topological polar surface area (TPSA) is 67.5 Å². The van der Waals surface area contributed by atoms with E-state index in [4.69, 9.17) is 5.11 Å². The van der Waals surface area contributed by atoms with Gasteiger partial charge in [-0.25, -0.2) is 14.3 Å². The molecule has 2 aromatic heterocycles. The Morgan fingerprint density at radius 2 is 2.17 bits per heavy atom. The van der Waals surface area contributed by atoms with Gasteiger partial charge in [0.15, 0.2) is 5.69 Å². The van der Waals surface area contributed by atoms with Crippen molar-refractivity contribution in [2.45, 2.75) is 39.5 Å². The summed E-state index contributed by atoms with van der Waals surface area (Å²) in [6.45, 7) is 6.05. The van der Waals surface area contributed by atoms with Gasteiger partial charge in [-0.05, 0) is 18.6 Å². The van der Waals surface area contributed by atoms with Crippen LogP contribution in [-0.4, -0.2) is 25.7 Å². The molecule has 0 radical (unpaired) electrons. The summed E-state index contributed by atoms with van der Waals surface area (Å²) in [5, 5.41) is 13.6. The lowest BCUT2D eigenvalue weighted by Crippen LogP contribution is -2.03. The third-order valence-corrected chi connectivity index (χ3v) is 2.80. The fraction of sp³-hybridized carbons (Fsp3) is 0.462. The van der Waals surface area contributed by atoms with Gasteiger partial charge in [0, 0.05) is 5.92 Å². The van der Waals surface area contributed by atoms with Crippen molar-refractivity contribution in [3.63, 3.8) is 0 Å². The van der Waals surface area contributed by atoms with Crippen molar-refractivity contribution in [3.8, 4) is 0 Å². The Morgan fingerprint density at radius 3 is 2.72 bits per heavy atom. The van der Waals surface area contributed by atoms with Crippen LogP contribution in [0.2, 0.25) is 0 Å². The molecular weight excluding hydrogens is 230 g/mol. The molecule has 2 rings (SSSR count). The highest BCUT2D eigenvalue weighted by Gasteiger charge is 2.19. The van der Waals surface area contributed by atoms with Crippen molar-refractivity contribution < 1.29 is 9.90 Å². The lowest BCUT2D eigenvalue weighted by molar-refractivity contribution is 0.0693. The fourth-order valence-electron chi connectivity index (χ4n) is 1.95. The molecular formula is C13H17N3O2. The van der Waals surface area contributed by atoms with Crippen molar-refractivity contribution >= 4 is 11.5 Å². The Hall–Kier alpha value is -1.91. The van der Waals surface area contributed by atoms with Crippen molar-refractivity contribution in [2.75, 3.05) is 0 Å². The predicted octanol–water partition coefficient (Wildman–Crippen LogP) is 2.50. The van der Waals surface area contributed by atoms with E-state index in [1.807, 2.05) is 19.9 Å². The van der Waals surface area contributed by atoms with Gasteiger partial charge in [0.2, 0.25) is 0 Å². The average molecular weight is 247 g/mol. The molecule has 0 amide bonds. The number of carbonyl (C=O) groups is 1. The van der Waals surface area contributed by atoms with Gasteiger partial charge in [-0.3, -0.25) is 0 Å². The maximum atomic E-state index is 11.2. The Morgan fingerprint density at radius 1 is 1.44 bits per heavy atom. The van der Waals surface area contributed by atoms with Crippen LogP contribution in [0.4, 0.5) is 0 Å². The van der Waals surface area contributed by atoms with E-state index < -0.39 is 5.97 Å². The molecule has 0 aromatic carbocycles. The normalized spacial score (nSPS) is 11.3. The maximum absolute atomic E-state index is 11.2. The number of imidazole rings is 1. The molecule has 0 aliphatic carbocycles. The Balaban J connectivity index is 2.67. The number of aryl methyl sites for hydroxylation is 1. The molecule has 5 heteroatoms. The molecule has 1 N–H and O–H groups in total. The highest BCUT2D eigenvalue weighted by atomic mass is 16.4. The molecule has 0 saturated carbocycles. The van der Waals surface area contributed by atoms with Crippen molar-refractivity contribution in [1.82, 2.24) is 14.6 Å². The molecule has 0 aliphatic rings. The minimum atomic E-state index is -1.01. The lowest BCUT2D eigenvalue weighted by Gasteiger charge is -2.04. The van der Waals surface area contributed by atoms with Crippen LogP contribution in [-0.2, 0) is 6.42 Å². The minimum absolute atomic E-state index is 0.0780. The predicted molar refractivity (Wildman–Crippen MR) is 68.0 cm³/mol. The average Bonchev–Trinajstić information content (AvgIpc) is 2.68. The number of aromatic nitrogens is 3. The smallest absolute Gasteiger partial charge is 0.356 e. The van der Waals surface area contributed by atoms with Crippen LogP contribution < -0.4 is 0 Å². The minimum Gasteiger partial charge on any atom is -0.476 e. The van der Waals surface area contributed by atoms with Crippen LogP contribution in [0.15, 0.2) is 12.1 Å². The second-order valence-electron chi connectivity index (χ2n) is 4.65. The summed E-state index contributed by atoms with van der Waals surface area (Å²) >= 11 is 0. The van der Waals surface area contributed by atoms with Crippen molar-refractivity contribution in [1.29, 1.82) is 0 Å². The van der Waals surface area contributed by atoms with E-state index in [2.05, 4.69) is 17.0 Å². The highest BCUT2D eigenvalue weighted by molar-refractivity contribution is 5.93. The second kappa shape index (κ2) is 4.76. The van der Waals surface area contributed by atoms with E-state index in [1.165, 1.54) is 0 Å². The number of hydrogen-bond donors (Lipinski definition) is 1. The molecule has 0 saturated heterocycles. The number of carboxylic acid groups (broad SMARTS) is 1. The monoisotopic (exact) mass is 247 g/mol. The molecule has 96 valence electrons. The quantitative estimate of drug-likeness (QED) is 0.901. The van der Waals surface area contributed by atoms with E-state index in [1.54, 1.807) is 10.6 Å². The molecule has 0 aliphatic heterocycles. The van der Waals surface area contributed by atoms with Gasteiger partial charge in [-0.15, -0.1) is 0 Å². The second-order valence-corrected chi connectivity index (χ2v) is 4.65. The van der Waals surface area contributed by atoms with E-state index in [0.717, 1.165) is 18.5 Å². The van der Waals surface area contributed by atoms with Crippen LogP contribution in [0.5, 0.6) is 0 Å². The zero-order valence-electron chi connectivity index (χ0n) is 10.8. The lowest BCUT2D eigenvalue weighted by atomic mass is 10.2. The van der Waals surface area contributed by atoms with E-state index in [-0.39, 0.29) is 11.6 Å². The summed E-state index contributed by atoms with van der Waals surface area (Å²) in [5.74, 6) is -0.181. The SMILES string of the molecule is CCCc1ccc2c(C(=O)O)nc(C(C)C)n2n1. The van der Waals surface area contributed by atoms with Gasteiger partial charge in [0.05, 0.1) is 11.2 Å². The van der Waals surface area contributed by atoms with Crippen molar-refractivity contribution in [3.05, 3.63) is 29.3 Å².